The summed E-state index contributed by atoms with van der Waals surface area (Å²) in [7, 11) is 1.63. The van der Waals surface area contributed by atoms with Gasteiger partial charge in [-0.3, -0.25) is 9.69 Å². The number of carbonyl (C=O) groups excluding carboxylic acids is 1. The molecular formula is C12H9NO3S2. The number of benzene rings is 1. The van der Waals surface area contributed by atoms with Crippen LogP contribution in [0, 0.1) is 0 Å². The molecule has 92 valence electrons. The van der Waals surface area contributed by atoms with Crippen molar-refractivity contribution in [3.05, 3.63) is 40.3 Å². The van der Waals surface area contributed by atoms with E-state index in [4.69, 9.17) is 17.3 Å². The maximum absolute atomic E-state index is 11.8. The minimum atomic E-state index is -0.971. The number of hydrogen-bond donors (Lipinski definition) is 1. The lowest BCUT2D eigenvalue weighted by Crippen LogP contribution is -2.22. The third-order valence-corrected chi connectivity index (χ3v) is 3.93. The van der Waals surface area contributed by atoms with Gasteiger partial charge in [-0.1, -0.05) is 36.1 Å². The summed E-state index contributed by atoms with van der Waals surface area (Å²) in [5, 5.41) is 8.77. The molecule has 1 saturated heterocycles. The number of thiocarbonyl (C=S) groups is 1. The number of carbonyl (C=O) groups is 2. The Bertz CT molecular complexity index is 563. The molecule has 1 heterocycles. The van der Waals surface area contributed by atoms with Crippen LogP contribution in [-0.4, -0.2) is 33.3 Å². The topological polar surface area (TPSA) is 57.6 Å². The fourth-order valence-corrected chi connectivity index (χ4v) is 2.60. The molecule has 1 amide bonds. The fourth-order valence-electron chi connectivity index (χ4n) is 1.42. The Balaban J connectivity index is 2.26. The number of carboxylic acid groups (broad SMARTS) is 1. The molecule has 6 heteroatoms. The van der Waals surface area contributed by atoms with Crippen molar-refractivity contribution in [3.8, 4) is 0 Å². The van der Waals surface area contributed by atoms with Crippen LogP contribution in [-0.2, 0) is 4.79 Å². The lowest BCUT2D eigenvalue weighted by molar-refractivity contribution is -0.121. The summed E-state index contributed by atoms with van der Waals surface area (Å²) in [6.45, 7) is 0. The van der Waals surface area contributed by atoms with Gasteiger partial charge in [-0.05, 0) is 23.8 Å². The van der Waals surface area contributed by atoms with E-state index in [2.05, 4.69) is 0 Å². The highest BCUT2D eigenvalue weighted by Crippen LogP contribution is 2.31. The maximum atomic E-state index is 11.8. The Kier molecular flexibility index (Phi) is 3.49. The zero-order valence-corrected chi connectivity index (χ0v) is 11.0. The molecule has 0 radical (unpaired) electrons. The molecule has 1 aliphatic heterocycles. The fraction of sp³-hybridized carbons (Fsp3) is 0.0833. The summed E-state index contributed by atoms with van der Waals surface area (Å²) < 4.78 is 0.522. The lowest BCUT2D eigenvalue weighted by atomic mass is 10.1. The van der Waals surface area contributed by atoms with Crippen LogP contribution in [0.15, 0.2) is 29.2 Å². The highest BCUT2D eigenvalue weighted by atomic mass is 32.2. The molecule has 0 bridgehead atoms. The molecule has 0 saturated carbocycles. The van der Waals surface area contributed by atoms with Crippen LogP contribution < -0.4 is 0 Å². The number of carboxylic acids is 1. The number of likely N-dealkylation sites (N-methyl/N-ethyl adjacent to an activating group) is 1. The molecular weight excluding hydrogens is 270 g/mol. The average molecular weight is 279 g/mol. The largest absolute Gasteiger partial charge is 0.478 e. The average Bonchev–Trinajstić information content (AvgIpc) is 2.58. The number of aromatic carboxylic acids is 1. The quantitative estimate of drug-likeness (QED) is 0.664. The van der Waals surface area contributed by atoms with Gasteiger partial charge < -0.3 is 5.11 Å². The molecule has 1 fully saturated rings. The van der Waals surface area contributed by atoms with Gasteiger partial charge in [-0.2, -0.15) is 0 Å². The highest BCUT2D eigenvalue weighted by molar-refractivity contribution is 8.26. The van der Waals surface area contributed by atoms with Crippen LogP contribution in [0.5, 0.6) is 0 Å². The van der Waals surface area contributed by atoms with Gasteiger partial charge in [0.15, 0.2) is 0 Å². The molecule has 1 aliphatic rings. The van der Waals surface area contributed by atoms with Crippen LogP contribution in [0.3, 0.4) is 0 Å². The molecule has 2 rings (SSSR count). The predicted octanol–water partition coefficient (Wildman–Crippen LogP) is 2.22. The molecule has 0 unspecified atom stereocenters. The van der Waals surface area contributed by atoms with Crippen LogP contribution in [0.25, 0.3) is 6.08 Å². The van der Waals surface area contributed by atoms with E-state index in [0.717, 1.165) is 5.56 Å². The summed E-state index contributed by atoms with van der Waals surface area (Å²) in [5.74, 6) is -1.10. The van der Waals surface area contributed by atoms with Gasteiger partial charge in [-0.25, -0.2) is 4.79 Å². The van der Waals surface area contributed by atoms with Gasteiger partial charge in [0, 0.05) is 7.05 Å². The summed E-state index contributed by atoms with van der Waals surface area (Å²) in [4.78, 5) is 24.4. The van der Waals surface area contributed by atoms with Crippen molar-refractivity contribution < 1.29 is 14.7 Å². The van der Waals surface area contributed by atoms with Crippen molar-refractivity contribution in [3.63, 3.8) is 0 Å². The molecule has 0 spiro atoms. The lowest BCUT2D eigenvalue weighted by Gasteiger charge is -2.03. The SMILES string of the molecule is CN1C(=O)C(=Cc2ccc(C(=O)O)cc2)SC1=S. The minimum absolute atomic E-state index is 0.132. The van der Waals surface area contributed by atoms with Crippen LogP contribution in [0.4, 0.5) is 0 Å². The van der Waals surface area contributed by atoms with Crippen molar-refractivity contribution >= 4 is 46.3 Å². The molecule has 18 heavy (non-hydrogen) atoms. The Morgan fingerprint density at radius 3 is 2.44 bits per heavy atom. The Labute approximate surface area is 113 Å². The minimum Gasteiger partial charge on any atom is -0.478 e. The first-order valence-corrected chi connectivity index (χ1v) is 6.26. The van der Waals surface area contributed by atoms with E-state index in [-0.39, 0.29) is 11.5 Å². The third-order valence-electron chi connectivity index (χ3n) is 2.44. The molecule has 0 aliphatic carbocycles. The normalized spacial score (nSPS) is 17.6. The monoisotopic (exact) mass is 279 g/mol. The van der Waals surface area contributed by atoms with Gasteiger partial charge in [0.2, 0.25) is 0 Å². The van der Waals surface area contributed by atoms with Crippen molar-refractivity contribution in [2.24, 2.45) is 0 Å². The molecule has 0 aromatic heterocycles. The van der Waals surface area contributed by atoms with Crippen LogP contribution in [0.2, 0.25) is 0 Å². The Morgan fingerprint density at radius 1 is 1.39 bits per heavy atom. The van der Waals surface area contributed by atoms with Gasteiger partial charge in [0.1, 0.15) is 4.32 Å². The van der Waals surface area contributed by atoms with E-state index >= 15 is 0 Å². The summed E-state index contributed by atoms with van der Waals surface area (Å²) in [6, 6.07) is 6.32. The smallest absolute Gasteiger partial charge is 0.335 e. The standard InChI is InChI=1S/C12H9NO3S2/c1-13-10(14)9(18-12(13)17)6-7-2-4-8(5-3-7)11(15)16/h2-6H,1H3,(H,15,16). The van der Waals surface area contributed by atoms with E-state index in [0.29, 0.717) is 9.23 Å². The Morgan fingerprint density at radius 2 is 2.00 bits per heavy atom. The van der Waals surface area contributed by atoms with E-state index in [1.165, 1.54) is 28.8 Å². The molecule has 4 nitrogen and oxygen atoms in total. The molecule has 1 N–H and O–H groups in total. The van der Waals surface area contributed by atoms with Gasteiger partial charge in [-0.15, -0.1) is 0 Å². The van der Waals surface area contributed by atoms with Crippen molar-refractivity contribution in [1.29, 1.82) is 0 Å². The maximum Gasteiger partial charge on any atom is 0.335 e. The first-order chi connectivity index (χ1) is 8.49. The van der Waals surface area contributed by atoms with Gasteiger partial charge in [0.25, 0.3) is 5.91 Å². The molecule has 0 atom stereocenters. The summed E-state index contributed by atoms with van der Waals surface area (Å²) >= 11 is 6.26. The zero-order valence-electron chi connectivity index (χ0n) is 9.41. The van der Waals surface area contributed by atoms with E-state index in [1.807, 2.05) is 0 Å². The van der Waals surface area contributed by atoms with E-state index in [1.54, 1.807) is 25.3 Å². The highest BCUT2D eigenvalue weighted by Gasteiger charge is 2.28. The first kappa shape index (κ1) is 12.8. The summed E-state index contributed by atoms with van der Waals surface area (Å²) in [5.41, 5.74) is 0.990. The van der Waals surface area contributed by atoms with Crippen LogP contribution in [0.1, 0.15) is 15.9 Å². The second-order valence-corrected chi connectivity index (χ2v) is 5.34. The molecule has 1 aromatic carbocycles. The predicted molar refractivity (Wildman–Crippen MR) is 74.3 cm³/mol. The number of rotatable bonds is 2. The number of thioether (sulfide) groups is 1. The van der Waals surface area contributed by atoms with Gasteiger partial charge in [0.05, 0.1) is 10.5 Å². The Hall–Kier alpha value is -1.66. The number of amides is 1. The van der Waals surface area contributed by atoms with E-state index in [9.17, 15) is 9.59 Å². The van der Waals surface area contributed by atoms with Crippen molar-refractivity contribution in [2.45, 2.75) is 0 Å². The van der Waals surface area contributed by atoms with Crippen LogP contribution >= 0.6 is 24.0 Å². The van der Waals surface area contributed by atoms with Gasteiger partial charge >= 0.3 is 5.97 Å². The zero-order chi connectivity index (χ0) is 13.3. The molecule has 1 aromatic rings. The number of hydrogen-bond acceptors (Lipinski definition) is 4. The third kappa shape index (κ3) is 2.44. The second-order valence-electron chi connectivity index (χ2n) is 3.67. The van der Waals surface area contributed by atoms with E-state index < -0.39 is 5.97 Å². The van der Waals surface area contributed by atoms with Crippen molar-refractivity contribution in [1.82, 2.24) is 4.90 Å². The van der Waals surface area contributed by atoms with Crippen molar-refractivity contribution in [2.75, 3.05) is 7.05 Å². The second kappa shape index (κ2) is 4.91. The first-order valence-electron chi connectivity index (χ1n) is 5.04. The summed E-state index contributed by atoms with van der Waals surface area (Å²) in [6.07, 6.45) is 1.70. The number of nitrogens with zero attached hydrogens (tertiary/aromatic N) is 1.